The van der Waals surface area contributed by atoms with E-state index >= 15 is 0 Å². The number of nitrogens with zero attached hydrogens (tertiary/aromatic N) is 2. The van der Waals surface area contributed by atoms with E-state index in [9.17, 15) is 19.7 Å². The third kappa shape index (κ3) is 7.12. The first-order valence-corrected chi connectivity index (χ1v) is 9.34. The predicted octanol–water partition coefficient (Wildman–Crippen LogP) is 2.10. The number of amides is 3. The molecule has 148 valence electrons. The molecule has 1 aromatic rings. The number of benzene rings is 1. The molecule has 3 N–H and O–H groups in total. The van der Waals surface area contributed by atoms with Crippen molar-refractivity contribution in [2.75, 3.05) is 38.0 Å². The van der Waals surface area contributed by atoms with E-state index in [2.05, 4.69) is 16.0 Å². The molecule has 1 saturated heterocycles. The van der Waals surface area contributed by atoms with Gasteiger partial charge < -0.3 is 20.9 Å². The number of carbonyl (C=O) groups excluding carboxylic acids is 2. The van der Waals surface area contributed by atoms with Crippen LogP contribution in [0.5, 0.6) is 0 Å². The van der Waals surface area contributed by atoms with Crippen molar-refractivity contribution in [2.45, 2.75) is 32.1 Å². The largest absolute Gasteiger partial charge is 0.378 e. The van der Waals surface area contributed by atoms with Crippen molar-refractivity contribution in [1.29, 1.82) is 0 Å². The minimum Gasteiger partial charge on any atom is -0.378 e. The van der Waals surface area contributed by atoms with Crippen molar-refractivity contribution in [3.8, 4) is 0 Å². The maximum absolute atomic E-state index is 11.9. The highest BCUT2D eigenvalue weighted by atomic mass is 16.6. The van der Waals surface area contributed by atoms with Crippen molar-refractivity contribution >= 4 is 23.3 Å². The summed E-state index contributed by atoms with van der Waals surface area (Å²) in [7, 11) is 0. The molecule has 9 heteroatoms. The summed E-state index contributed by atoms with van der Waals surface area (Å²) < 4.78 is 0. The third-order valence-corrected chi connectivity index (χ3v) is 4.39. The van der Waals surface area contributed by atoms with Crippen molar-refractivity contribution < 1.29 is 14.5 Å². The zero-order valence-electron chi connectivity index (χ0n) is 15.4. The van der Waals surface area contributed by atoms with Crippen molar-refractivity contribution in [1.82, 2.24) is 15.5 Å². The van der Waals surface area contributed by atoms with Crippen LogP contribution in [0.3, 0.4) is 0 Å². The van der Waals surface area contributed by atoms with Gasteiger partial charge in [-0.05, 0) is 25.3 Å². The van der Waals surface area contributed by atoms with Gasteiger partial charge >= 0.3 is 6.03 Å². The Morgan fingerprint density at radius 1 is 1.11 bits per heavy atom. The van der Waals surface area contributed by atoms with E-state index in [-0.39, 0.29) is 17.6 Å². The van der Waals surface area contributed by atoms with Gasteiger partial charge in [0.2, 0.25) is 5.91 Å². The first kappa shape index (κ1) is 20.5. The van der Waals surface area contributed by atoms with E-state index < -0.39 is 4.92 Å². The van der Waals surface area contributed by atoms with Gasteiger partial charge in [-0.2, -0.15) is 0 Å². The Hall–Kier alpha value is -2.84. The van der Waals surface area contributed by atoms with Crippen LogP contribution in [0, 0.1) is 10.1 Å². The summed E-state index contributed by atoms with van der Waals surface area (Å²) in [5.74, 6) is 0.207. The lowest BCUT2D eigenvalue weighted by atomic mass is 10.2. The van der Waals surface area contributed by atoms with Crippen LogP contribution in [0.1, 0.15) is 32.1 Å². The molecular formula is C18H27N5O4. The van der Waals surface area contributed by atoms with Gasteiger partial charge in [-0.25, -0.2) is 4.79 Å². The molecule has 2 rings (SSSR count). The molecular weight excluding hydrogens is 350 g/mol. The topological polar surface area (TPSA) is 117 Å². The molecule has 0 saturated carbocycles. The van der Waals surface area contributed by atoms with Gasteiger partial charge in [0.25, 0.3) is 5.69 Å². The smallest absolute Gasteiger partial charge is 0.314 e. The Bertz CT molecular complexity index is 652. The molecule has 1 aromatic carbocycles. The molecule has 0 aromatic heterocycles. The lowest BCUT2D eigenvalue weighted by molar-refractivity contribution is -0.384. The highest BCUT2D eigenvalue weighted by Gasteiger charge is 2.15. The SMILES string of the molecule is O=C(NCCCN1CCCCCC1=O)NCCNc1ccccc1[N+](=O)[O-]. The molecule has 0 aliphatic carbocycles. The summed E-state index contributed by atoms with van der Waals surface area (Å²) in [5, 5.41) is 19.3. The minimum absolute atomic E-state index is 0.00464. The maximum atomic E-state index is 11.9. The van der Waals surface area contributed by atoms with Crippen LogP contribution >= 0.6 is 0 Å². The Morgan fingerprint density at radius 2 is 1.89 bits per heavy atom. The first-order valence-electron chi connectivity index (χ1n) is 9.34. The Morgan fingerprint density at radius 3 is 2.70 bits per heavy atom. The van der Waals surface area contributed by atoms with Crippen LogP contribution < -0.4 is 16.0 Å². The molecule has 0 bridgehead atoms. The Kier molecular flexibility index (Phi) is 8.34. The second-order valence-electron chi connectivity index (χ2n) is 6.43. The zero-order chi connectivity index (χ0) is 19.5. The third-order valence-electron chi connectivity index (χ3n) is 4.39. The Balaban J connectivity index is 1.57. The summed E-state index contributed by atoms with van der Waals surface area (Å²) in [4.78, 5) is 36.0. The van der Waals surface area contributed by atoms with E-state index in [0.29, 0.717) is 44.7 Å². The summed E-state index contributed by atoms with van der Waals surface area (Å²) in [6.07, 6.45) is 4.46. The summed E-state index contributed by atoms with van der Waals surface area (Å²) in [5.41, 5.74) is 0.428. The molecule has 3 amide bonds. The summed E-state index contributed by atoms with van der Waals surface area (Å²) >= 11 is 0. The number of nitro groups is 1. The van der Waals surface area contributed by atoms with Crippen LogP contribution in [-0.2, 0) is 4.79 Å². The number of nitro benzene ring substituents is 1. The highest BCUT2D eigenvalue weighted by Crippen LogP contribution is 2.22. The zero-order valence-corrected chi connectivity index (χ0v) is 15.4. The number of para-hydroxylation sites is 2. The average Bonchev–Trinajstić information content (AvgIpc) is 2.87. The standard InChI is InChI=1S/C18H27N5O4/c24-17-9-2-1-5-13-22(17)14-6-10-20-18(25)21-12-11-19-15-7-3-4-8-16(15)23(26)27/h3-4,7-8,19H,1-2,5-6,9-14H2,(H2,20,21,25). The fourth-order valence-corrected chi connectivity index (χ4v) is 2.96. The minimum atomic E-state index is -0.447. The van der Waals surface area contributed by atoms with E-state index in [0.717, 1.165) is 25.8 Å². The van der Waals surface area contributed by atoms with Crippen LogP contribution in [0.4, 0.5) is 16.2 Å². The van der Waals surface area contributed by atoms with Crippen LogP contribution in [0.15, 0.2) is 24.3 Å². The average molecular weight is 377 g/mol. The van der Waals surface area contributed by atoms with Crippen LogP contribution in [0.2, 0.25) is 0 Å². The molecule has 0 unspecified atom stereocenters. The monoisotopic (exact) mass is 377 g/mol. The molecule has 9 nitrogen and oxygen atoms in total. The second-order valence-corrected chi connectivity index (χ2v) is 6.43. The fraction of sp³-hybridized carbons (Fsp3) is 0.556. The lowest BCUT2D eigenvalue weighted by Crippen LogP contribution is -2.39. The van der Waals surface area contributed by atoms with Gasteiger partial charge in [0.15, 0.2) is 0 Å². The van der Waals surface area contributed by atoms with E-state index in [1.54, 1.807) is 18.2 Å². The molecule has 1 aliphatic rings. The molecule has 1 fully saturated rings. The molecule has 1 aliphatic heterocycles. The van der Waals surface area contributed by atoms with Gasteiger partial charge in [0.05, 0.1) is 4.92 Å². The van der Waals surface area contributed by atoms with Crippen molar-refractivity contribution in [3.63, 3.8) is 0 Å². The number of carbonyl (C=O) groups is 2. The fourth-order valence-electron chi connectivity index (χ4n) is 2.96. The molecule has 0 radical (unpaired) electrons. The van der Waals surface area contributed by atoms with Crippen molar-refractivity contribution in [2.24, 2.45) is 0 Å². The number of anilines is 1. The number of likely N-dealkylation sites (tertiary alicyclic amines) is 1. The van der Waals surface area contributed by atoms with Crippen molar-refractivity contribution in [3.05, 3.63) is 34.4 Å². The van der Waals surface area contributed by atoms with Gasteiger partial charge in [-0.15, -0.1) is 0 Å². The first-order chi connectivity index (χ1) is 13.1. The summed E-state index contributed by atoms with van der Waals surface area (Å²) in [6, 6.07) is 6.08. The van der Waals surface area contributed by atoms with Gasteiger partial charge in [-0.3, -0.25) is 14.9 Å². The number of nitrogens with one attached hydrogen (secondary N) is 3. The van der Waals surface area contributed by atoms with Gasteiger partial charge in [0, 0.05) is 45.2 Å². The quantitative estimate of drug-likeness (QED) is 0.346. The number of hydrogen-bond donors (Lipinski definition) is 3. The van der Waals surface area contributed by atoms with Gasteiger partial charge in [-0.1, -0.05) is 18.6 Å². The number of urea groups is 1. The maximum Gasteiger partial charge on any atom is 0.314 e. The summed E-state index contributed by atoms with van der Waals surface area (Å²) in [6.45, 7) is 2.68. The molecule has 0 atom stereocenters. The molecule has 0 spiro atoms. The van der Waals surface area contributed by atoms with Gasteiger partial charge in [0.1, 0.15) is 5.69 Å². The predicted molar refractivity (Wildman–Crippen MR) is 103 cm³/mol. The second kappa shape index (κ2) is 11.0. The van der Waals surface area contributed by atoms with E-state index in [1.807, 2.05) is 4.90 Å². The normalized spacial score (nSPS) is 14.4. The molecule has 1 heterocycles. The number of hydrogen-bond acceptors (Lipinski definition) is 5. The highest BCUT2D eigenvalue weighted by molar-refractivity contribution is 5.76. The van der Waals surface area contributed by atoms with E-state index in [1.165, 1.54) is 6.07 Å². The van der Waals surface area contributed by atoms with Crippen LogP contribution in [0.25, 0.3) is 0 Å². The number of rotatable bonds is 9. The molecule has 27 heavy (non-hydrogen) atoms. The lowest BCUT2D eigenvalue weighted by Gasteiger charge is -2.20. The van der Waals surface area contributed by atoms with E-state index in [4.69, 9.17) is 0 Å². The Labute approximate surface area is 158 Å². The van der Waals surface area contributed by atoms with Crippen LogP contribution in [-0.4, -0.2) is 54.5 Å².